The predicted molar refractivity (Wildman–Crippen MR) is 252 cm³/mol. The van der Waals surface area contributed by atoms with Crippen molar-refractivity contribution in [3.63, 3.8) is 0 Å². The summed E-state index contributed by atoms with van der Waals surface area (Å²) in [6.45, 7) is 0.0157. The van der Waals surface area contributed by atoms with Crippen LogP contribution in [0.3, 0.4) is 0 Å². The minimum atomic E-state index is -3.42. The van der Waals surface area contributed by atoms with Crippen LogP contribution in [0.25, 0.3) is 11.1 Å². The Labute approximate surface area is 353 Å². The normalized spacial score (nSPS) is 12.6. The van der Waals surface area contributed by atoms with E-state index in [1.807, 2.05) is 12.1 Å². The van der Waals surface area contributed by atoms with Gasteiger partial charge in [-0.15, -0.1) is 0 Å². The number of para-hydroxylation sites is 2. The Hall–Kier alpha value is -6.96. The Kier molecular flexibility index (Phi) is 9.04. The number of benzene rings is 9. The van der Waals surface area contributed by atoms with Crippen molar-refractivity contribution in [2.45, 2.75) is 0 Å². The first-order valence-corrected chi connectivity index (χ1v) is 24.3. The molecule has 284 valence electrons. The molecule has 9 aromatic carbocycles. The predicted octanol–water partition coefficient (Wildman–Crippen LogP) is 6.73. The van der Waals surface area contributed by atoms with Gasteiger partial charge in [-0.1, -0.05) is 212 Å². The van der Waals surface area contributed by atoms with Gasteiger partial charge in [0.2, 0.25) is 0 Å². The van der Waals surface area contributed by atoms with Gasteiger partial charge in [-0.05, 0) is 77.4 Å². The van der Waals surface area contributed by atoms with Crippen LogP contribution >= 0.6 is 0 Å². The zero-order valence-corrected chi connectivity index (χ0v) is 34.8. The van der Waals surface area contributed by atoms with E-state index in [-0.39, 0.29) is 6.71 Å². The maximum atomic E-state index is 8.60. The van der Waals surface area contributed by atoms with Gasteiger partial charge in [0.05, 0.1) is 0 Å². The molecular weight excluding hydrogens is 764 g/mol. The van der Waals surface area contributed by atoms with Crippen molar-refractivity contribution < 1.29 is 13.6 Å². The summed E-state index contributed by atoms with van der Waals surface area (Å²) in [6.07, 6.45) is 0. The molecule has 0 saturated carbocycles. The molecule has 0 unspecified atom stereocenters. The van der Waals surface area contributed by atoms with Gasteiger partial charge in [-0.2, -0.15) is 0 Å². The topological polar surface area (TPSA) is 27.7 Å². The SMILES string of the molecule is c1ccc([Si](O[Si](c2ccccc2)(c2ccccc2)c2cccc(-c3cc4c5c(c3)Oc3ccccc3B5c3ccccc3O4)c2)(c2ccccc2)c2ccccc2)cc1. The van der Waals surface area contributed by atoms with Gasteiger partial charge in [0.15, 0.2) is 0 Å². The minimum absolute atomic E-state index is 0.0157. The monoisotopic (exact) mass is 802 g/mol. The molecule has 2 aliphatic heterocycles. The van der Waals surface area contributed by atoms with Crippen LogP contribution in [0, 0.1) is 0 Å². The summed E-state index contributed by atoms with van der Waals surface area (Å²) >= 11 is 0. The van der Waals surface area contributed by atoms with Crippen LogP contribution in [0.15, 0.2) is 237 Å². The lowest BCUT2D eigenvalue weighted by Crippen LogP contribution is -2.81. The van der Waals surface area contributed by atoms with E-state index >= 15 is 0 Å². The fourth-order valence-electron chi connectivity index (χ4n) is 9.43. The van der Waals surface area contributed by atoms with Crippen molar-refractivity contribution in [3.05, 3.63) is 237 Å². The summed E-state index contributed by atoms with van der Waals surface area (Å²) in [6, 6.07) is 84.9. The van der Waals surface area contributed by atoms with Crippen LogP contribution in [0.4, 0.5) is 0 Å². The molecule has 0 amide bonds. The summed E-state index contributed by atoms with van der Waals surface area (Å²) in [4.78, 5) is 0. The molecule has 0 radical (unpaired) electrons. The lowest BCUT2D eigenvalue weighted by atomic mass is 9.35. The van der Waals surface area contributed by atoms with E-state index in [4.69, 9.17) is 13.6 Å². The average molecular weight is 803 g/mol. The maximum Gasteiger partial charge on any atom is 0.278 e. The van der Waals surface area contributed by atoms with Gasteiger partial charge in [-0.3, -0.25) is 0 Å². The lowest BCUT2D eigenvalue weighted by Gasteiger charge is -2.44. The molecule has 0 atom stereocenters. The van der Waals surface area contributed by atoms with Crippen molar-refractivity contribution in [1.82, 2.24) is 0 Å². The summed E-state index contributed by atoms with van der Waals surface area (Å²) < 4.78 is 22.1. The molecule has 0 bridgehead atoms. The molecule has 0 aromatic heterocycles. The Morgan fingerprint density at radius 2 is 0.650 bits per heavy atom. The molecular formula is C54H39BO3Si2. The van der Waals surface area contributed by atoms with Gasteiger partial charge in [0.1, 0.15) is 23.0 Å². The second-order valence-electron chi connectivity index (χ2n) is 15.5. The fourth-order valence-corrected chi connectivity index (χ4v) is 20.1. The molecule has 3 nitrogen and oxygen atoms in total. The Morgan fingerprint density at radius 3 is 1.07 bits per heavy atom. The molecule has 9 aromatic rings. The second kappa shape index (κ2) is 15.0. The molecule has 2 heterocycles. The Balaban J connectivity index is 1.16. The van der Waals surface area contributed by atoms with Crippen molar-refractivity contribution >= 4 is 70.9 Å². The highest BCUT2D eigenvalue weighted by atomic mass is 28.4. The van der Waals surface area contributed by atoms with Crippen LogP contribution < -0.4 is 57.0 Å². The van der Waals surface area contributed by atoms with Gasteiger partial charge in [0.25, 0.3) is 23.3 Å². The minimum Gasteiger partial charge on any atom is -0.458 e. The van der Waals surface area contributed by atoms with Crippen molar-refractivity contribution in [2.75, 3.05) is 0 Å². The third-order valence-electron chi connectivity index (χ3n) is 12.1. The molecule has 0 fully saturated rings. The first-order valence-electron chi connectivity index (χ1n) is 20.5. The zero-order chi connectivity index (χ0) is 39.9. The van der Waals surface area contributed by atoms with Gasteiger partial charge in [0, 0.05) is 5.46 Å². The molecule has 0 spiro atoms. The van der Waals surface area contributed by atoms with Crippen LogP contribution in [0.2, 0.25) is 0 Å². The first kappa shape index (κ1) is 36.1. The number of ether oxygens (including phenoxy) is 2. The average Bonchev–Trinajstić information content (AvgIpc) is 3.33. The zero-order valence-electron chi connectivity index (χ0n) is 32.8. The standard InChI is InChI=1S/C54H39BO3Si2/c1-6-22-42(23-7-1)59(43-24-8-2-9-25-43,44-26-10-3-11-27-44)58-60(45-28-12-4-13-29-45,46-30-14-5-15-31-46)47-32-20-21-40(37-47)41-38-52-54-53(39-41)57-51-36-19-17-34-49(51)55(54)48-33-16-18-35-50(48)56-52/h1-39H. The largest absolute Gasteiger partial charge is 0.458 e. The maximum absolute atomic E-state index is 8.60. The van der Waals surface area contributed by atoms with E-state index in [9.17, 15) is 0 Å². The quantitative estimate of drug-likeness (QED) is 0.120. The van der Waals surface area contributed by atoms with Crippen LogP contribution in [-0.4, -0.2) is 23.3 Å². The molecule has 60 heavy (non-hydrogen) atoms. The third kappa shape index (κ3) is 5.91. The van der Waals surface area contributed by atoms with E-state index in [1.165, 1.54) is 25.9 Å². The first-order chi connectivity index (χ1) is 29.7. The summed E-state index contributed by atoms with van der Waals surface area (Å²) in [5.41, 5.74) is 5.45. The number of rotatable bonds is 9. The number of fused-ring (bicyclic) bond motifs is 4. The van der Waals surface area contributed by atoms with Gasteiger partial charge >= 0.3 is 0 Å². The Bertz CT molecular complexity index is 2760. The van der Waals surface area contributed by atoms with E-state index in [1.54, 1.807) is 0 Å². The fraction of sp³-hybridized carbons (Fsp3) is 0. The van der Waals surface area contributed by atoms with E-state index in [0.29, 0.717) is 0 Å². The van der Waals surface area contributed by atoms with Gasteiger partial charge in [-0.25, -0.2) is 0 Å². The number of hydrogen-bond acceptors (Lipinski definition) is 3. The molecule has 0 saturated heterocycles. The van der Waals surface area contributed by atoms with E-state index < -0.39 is 16.6 Å². The highest BCUT2D eigenvalue weighted by molar-refractivity contribution is 7.18. The third-order valence-corrected chi connectivity index (χ3v) is 21.4. The van der Waals surface area contributed by atoms with Gasteiger partial charge < -0.3 is 13.6 Å². The highest BCUT2D eigenvalue weighted by Crippen LogP contribution is 2.38. The van der Waals surface area contributed by atoms with E-state index in [2.05, 4.69) is 224 Å². The molecule has 6 heteroatoms. The highest BCUT2D eigenvalue weighted by Gasteiger charge is 2.53. The van der Waals surface area contributed by atoms with Crippen molar-refractivity contribution in [3.8, 4) is 34.1 Å². The summed E-state index contributed by atoms with van der Waals surface area (Å²) in [5.74, 6) is 3.39. The summed E-state index contributed by atoms with van der Waals surface area (Å²) in [5, 5.41) is 7.09. The molecule has 0 aliphatic carbocycles. The molecule has 2 aliphatic rings. The van der Waals surface area contributed by atoms with Crippen LogP contribution in [-0.2, 0) is 4.12 Å². The van der Waals surface area contributed by atoms with E-state index in [0.717, 1.165) is 55.7 Å². The summed E-state index contributed by atoms with van der Waals surface area (Å²) in [7, 11) is -6.70. The second-order valence-corrected chi connectivity index (χ2v) is 22.5. The van der Waals surface area contributed by atoms with Crippen molar-refractivity contribution in [1.29, 1.82) is 0 Å². The molecule has 11 rings (SSSR count). The molecule has 0 N–H and O–H groups in total. The Morgan fingerprint density at radius 1 is 0.300 bits per heavy atom. The van der Waals surface area contributed by atoms with Crippen molar-refractivity contribution in [2.24, 2.45) is 0 Å². The van der Waals surface area contributed by atoms with Crippen LogP contribution in [0.1, 0.15) is 0 Å². The smallest absolute Gasteiger partial charge is 0.278 e. The number of hydrogen-bond donors (Lipinski definition) is 0. The lowest BCUT2D eigenvalue weighted by molar-refractivity contribution is 0.465. The van der Waals surface area contributed by atoms with Crippen LogP contribution in [0.5, 0.6) is 23.0 Å².